The van der Waals surface area contributed by atoms with Gasteiger partial charge in [0.15, 0.2) is 0 Å². The zero-order chi connectivity index (χ0) is 9.80. The molecule has 0 atom stereocenters. The molecule has 0 radical (unpaired) electrons. The van der Waals surface area contributed by atoms with Crippen LogP contribution in [0.3, 0.4) is 0 Å². The Morgan fingerprint density at radius 1 is 1.07 bits per heavy atom. The quantitative estimate of drug-likeness (QED) is 0.677. The van der Waals surface area contributed by atoms with Gasteiger partial charge >= 0.3 is 0 Å². The van der Waals surface area contributed by atoms with E-state index in [9.17, 15) is 0 Å². The molecular weight excluding hydrogens is 236 g/mol. The van der Waals surface area contributed by atoms with Crippen molar-refractivity contribution in [1.29, 1.82) is 0 Å². The average molecular weight is 251 g/mol. The lowest BCUT2D eigenvalue weighted by Gasteiger charge is -2.12. The summed E-state index contributed by atoms with van der Waals surface area (Å²) in [4.78, 5) is 0. The van der Waals surface area contributed by atoms with Gasteiger partial charge in [-0.2, -0.15) is 0 Å². The van der Waals surface area contributed by atoms with E-state index in [1.54, 1.807) is 0 Å². The molecule has 0 saturated carbocycles. The van der Waals surface area contributed by atoms with Gasteiger partial charge in [0, 0.05) is 5.33 Å². The standard InChI is InChI=1S/C13H15Br/c14-10-11-6-8-13(9-7-11)12-4-2-1-3-5-12/h4,6-9H,1-3,5,10H2. The van der Waals surface area contributed by atoms with Crippen molar-refractivity contribution < 1.29 is 0 Å². The highest BCUT2D eigenvalue weighted by Crippen LogP contribution is 2.26. The third-order valence-corrected chi connectivity index (χ3v) is 3.42. The topological polar surface area (TPSA) is 0 Å². The van der Waals surface area contributed by atoms with Crippen molar-refractivity contribution in [1.82, 2.24) is 0 Å². The van der Waals surface area contributed by atoms with Crippen LogP contribution in [0, 0.1) is 0 Å². The molecule has 1 aromatic carbocycles. The summed E-state index contributed by atoms with van der Waals surface area (Å²) >= 11 is 3.46. The zero-order valence-corrected chi connectivity index (χ0v) is 9.89. The zero-order valence-electron chi connectivity index (χ0n) is 8.30. The van der Waals surface area contributed by atoms with E-state index in [1.165, 1.54) is 42.4 Å². The van der Waals surface area contributed by atoms with Gasteiger partial charge in [0.2, 0.25) is 0 Å². The van der Waals surface area contributed by atoms with Crippen LogP contribution in [-0.2, 0) is 5.33 Å². The van der Waals surface area contributed by atoms with Crippen LogP contribution < -0.4 is 0 Å². The predicted molar refractivity (Wildman–Crippen MR) is 65.5 cm³/mol. The number of alkyl halides is 1. The second-order valence-corrected chi connectivity index (χ2v) is 4.37. The summed E-state index contributed by atoms with van der Waals surface area (Å²) < 4.78 is 0. The van der Waals surface area contributed by atoms with Crippen LogP contribution in [0.2, 0.25) is 0 Å². The molecule has 0 amide bonds. The summed E-state index contributed by atoms with van der Waals surface area (Å²) in [6, 6.07) is 8.90. The minimum absolute atomic E-state index is 0.951. The molecule has 74 valence electrons. The van der Waals surface area contributed by atoms with Crippen LogP contribution in [-0.4, -0.2) is 0 Å². The Morgan fingerprint density at radius 3 is 2.43 bits per heavy atom. The third-order valence-electron chi connectivity index (χ3n) is 2.77. The molecule has 1 heteroatoms. The number of benzene rings is 1. The van der Waals surface area contributed by atoms with E-state index in [1.807, 2.05) is 0 Å². The molecular formula is C13H15Br. The predicted octanol–water partition coefficient (Wildman–Crippen LogP) is 4.54. The third kappa shape index (κ3) is 2.27. The molecule has 0 nitrogen and oxygen atoms in total. The van der Waals surface area contributed by atoms with E-state index < -0.39 is 0 Å². The molecule has 0 heterocycles. The first-order valence-corrected chi connectivity index (χ1v) is 6.36. The highest BCUT2D eigenvalue weighted by atomic mass is 79.9. The molecule has 1 aliphatic carbocycles. The summed E-state index contributed by atoms with van der Waals surface area (Å²) in [6.45, 7) is 0. The molecule has 0 saturated heterocycles. The van der Waals surface area contributed by atoms with E-state index in [-0.39, 0.29) is 0 Å². The lowest BCUT2D eigenvalue weighted by atomic mass is 9.93. The van der Waals surface area contributed by atoms with Crippen molar-refractivity contribution >= 4 is 21.5 Å². The number of rotatable bonds is 2. The van der Waals surface area contributed by atoms with E-state index in [0.717, 1.165) is 5.33 Å². The van der Waals surface area contributed by atoms with Gasteiger partial charge in [-0.05, 0) is 42.4 Å². The molecule has 2 rings (SSSR count). The molecule has 0 spiro atoms. The molecule has 0 aliphatic heterocycles. The molecule has 1 aromatic rings. The van der Waals surface area contributed by atoms with Gasteiger partial charge < -0.3 is 0 Å². The Kier molecular flexibility index (Phi) is 3.41. The van der Waals surface area contributed by atoms with Crippen LogP contribution >= 0.6 is 15.9 Å². The normalized spacial score (nSPS) is 16.5. The van der Waals surface area contributed by atoms with Crippen LogP contribution in [0.5, 0.6) is 0 Å². The van der Waals surface area contributed by atoms with Gasteiger partial charge in [-0.25, -0.2) is 0 Å². The number of halogens is 1. The fourth-order valence-electron chi connectivity index (χ4n) is 1.91. The minimum Gasteiger partial charge on any atom is -0.0876 e. The summed E-state index contributed by atoms with van der Waals surface area (Å²) in [7, 11) is 0. The van der Waals surface area contributed by atoms with E-state index in [4.69, 9.17) is 0 Å². The Bertz CT molecular complexity index is 322. The maximum absolute atomic E-state index is 3.46. The maximum Gasteiger partial charge on any atom is 0.0283 e. The van der Waals surface area contributed by atoms with Gasteiger partial charge in [-0.1, -0.05) is 46.3 Å². The molecule has 0 aromatic heterocycles. The lowest BCUT2D eigenvalue weighted by Crippen LogP contribution is -1.91. The largest absolute Gasteiger partial charge is 0.0876 e. The molecule has 0 N–H and O–H groups in total. The molecule has 0 unspecified atom stereocenters. The van der Waals surface area contributed by atoms with Gasteiger partial charge in [-0.3, -0.25) is 0 Å². The van der Waals surface area contributed by atoms with Gasteiger partial charge in [0.1, 0.15) is 0 Å². The summed E-state index contributed by atoms with van der Waals surface area (Å²) in [6.07, 6.45) is 7.63. The van der Waals surface area contributed by atoms with Crippen LogP contribution in [0.15, 0.2) is 30.3 Å². The molecule has 1 aliphatic rings. The van der Waals surface area contributed by atoms with Gasteiger partial charge in [0.05, 0.1) is 0 Å². The second-order valence-electron chi connectivity index (χ2n) is 3.81. The summed E-state index contributed by atoms with van der Waals surface area (Å²) in [5, 5.41) is 0.951. The van der Waals surface area contributed by atoms with E-state index in [0.29, 0.717) is 0 Å². The Labute approximate surface area is 94.2 Å². The van der Waals surface area contributed by atoms with E-state index >= 15 is 0 Å². The van der Waals surface area contributed by atoms with Crippen LogP contribution in [0.4, 0.5) is 0 Å². The number of hydrogen-bond acceptors (Lipinski definition) is 0. The second kappa shape index (κ2) is 4.79. The van der Waals surface area contributed by atoms with E-state index in [2.05, 4.69) is 46.3 Å². The fraction of sp³-hybridized carbons (Fsp3) is 0.385. The van der Waals surface area contributed by atoms with Crippen molar-refractivity contribution in [2.45, 2.75) is 31.0 Å². The minimum atomic E-state index is 0.951. The molecule has 0 fully saturated rings. The average Bonchev–Trinajstić information content (AvgIpc) is 2.30. The Hall–Kier alpha value is -0.560. The van der Waals surface area contributed by atoms with Crippen molar-refractivity contribution in [3.05, 3.63) is 41.5 Å². The first kappa shape index (κ1) is 9.97. The first-order chi connectivity index (χ1) is 6.90. The monoisotopic (exact) mass is 250 g/mol. The Balaban J connectivity index is 2.19. The van der Waals surface area contributed by atoms with Crippen molar-refractivity contribution in [3.63, 3.8) is 0 Å². The number of allylic oxidation sites excluding steroid dienone is 2. The smallest absolute Gasteiger partial charge is 0.0283 e. The van der Waals surface area contributed by atoms with Crippen molar-refractivity contribution in [2.75, 3.05) is 0 Å². The van der Waals surface area contributed by atoms with Gasteiger partial charge in [0.25, 0.3) is 0 Å². The van der Waals surface area contributed by atoms with Crippen molar-refractivity contribution in [2.24, 2.45) is 0 Å². The SMILES string of the molecule is BrCc1ccc(C2=CCCCC2)cc1. The van der Waals surface area contributed by atoms with Crippen LogP contribution in [0.25, 0.3) is 5.57 Å². The fourth-order valence-corrected chi connectivity index (χ4v) is 2.28. The highest BCUT2D eigenvalue weighted by Gasteiger charge is 2.05. The van der Waals surface area contributed by atoms with Gasteiger partial charge in [-0.15, -0.1) is 0 Å². The van der Waals surface area contributed by atoms with Crippen molar-refractivity contribution in [3.8, 4) is 0 Å². The highest BCUT2D eigenvalue weighted by molar-refractivity contribution is 9.08. The Morgan fingerprint density at radius 2 is 1.86 bits per heavy atom. The first-order valence-electron chi connectivity index (χ1n) is 5.24. The maximum atomic E-state index is 3.46. The summed E-state index contributed by atoms with van der Waals surface area (Å²) in [5.41, 5.74) is 4.30. The van der Waals surface area contributed by atoms with Crippen LogP contribution in [0.1, 0.15) is 36.8 Å². The summed E-state index contributed by atoms with van der Waals surface area (Å²) in [5.74, 6) is 0. The lowest BCUT2D eigenvalue weighted by molar-refractivity contribution is 0.742. The molecule has 14 heavy (non-hydrogen) atoms. The number of hydrogen-bond donors (Lipinski definition) is 0. The molecule has 0 bridgehead atoms.